The SMILES string of the molecule is COC(=O)c1cc2c(c(OC)c1)CCN2. The summed E-state index contributed by atoms with van der Waals surface area (Å²) < 4.78 is 9.92. The lowest BCUT2D eigenvalue weighted by Gasteiger charge is -2.09. The molecule has 2 rings (SSSR count). The molecule has 0 saturated carbocycles. The van der Waals surface area contributed by atoms with Gasteiger partial charge in [-0.1, -0.05) is 0 Å². The predicted octanol–water partition coefficient (Wildman–Crippen LogP) is 1.45. The van der Waals surface area contributed by atoms with Gasteiger partial charge in [-0.2, -0.15) is 0 Å². The number of fused-ring (bicyclic) bond motifs is 1. The molecule has 0 aliphatic carbocycles. The van der Waals surface area contributed by atoms with Crippen LogP contribution in [0.2, 0.25) is 0 Å². The van der Waals surface area contributed by atoms with Gasteiger partial charge in [0.1, 0.15) is 5.75 Å². The van der Waals surface area contributed by atoms with Crippen molar-refractivity contribution in [3.63, 3.8) is 0 Å². The Bertz CT molecular complexity index is 401. The third-order valence-electron chi connectivity index (χ3n) is 2.54. The van der Waals surface area contributed by atoms with Gasteiger partial charge in [0.2, 0.25) is 0 Å². The molecule has 4 nitrogen and oxygen atoms in total. The molecule has 0 spiro atoms. The van der Waals surface area contributed by atoms with Gasteiger partial charge in [0, 0.05) is 17.8 Å². The second-order valence-electron chi connectivity index (χ2n) is 3.37. The van der Waals surface area contributed by atoms with Crippen molar-refractivity contribution in [3.8, 4) is 5.75 Å². The Morgan fingerprint density at radius 2 is 2.20 bits per heavy atom. The van der Waals surface area contributed by atoms with Crippen LogP contribution in [0.15, 0.2) is 12.1 Å². The Balaban J connectivity index is 2.48. The maximum Gasteiger partial charge on any atom is 0.338 e. The average Bonchev–Trinajstić information content (AvgIpc) is 2.74. The standard InChI is InChI=1S/C11H13NO3/c1-14-10-6-7(11(13)15-2)5-9-8(10)3-4-12-9/h5-6,12H,3-4H2,1-2H3. The van der Waals surface area contributed by atoms with E-state index in [4.69, 9.17) is 4.74 Å². The zero-order valence-corrected chi connectivity index (χ0v) is 8.79. The van der Waals surface area contributed by atoms with E-state index in [-0.39, 0.29) is 5.97 Å². The molecule has 0 bridgehead atoms. The lowest BCUT2D eigenvalue weighted by atomic mass is 10.1. The Labute approximate surface area is 88.2 Å². The van der Waals surface area contributed by atoms with Gasteiger partial charge in [0.05, 0.1) is 19.8 Å². The van der Waals surface area contributed by atoms with Gasteiger partial charge in [0.15, 0.2) is 0 Å². The Morgan fingerprint density at radius 3 is 2.87 bits per heavy atom. The van der Waals surface area contributed by atoms with Crippen LogP contribution >= 0.6 is 0 Å². The molecule has 0 fully saturated rings. The number of benzene rings is 1. The largest absolute Gasteiger partial charge is 0.496 e. The second-order valence-corrected chi connectivity index (χ2v) is 3.37. The molecule has 4 heteroatoms. The molecule has 0 atom stereocenters. The first-order chi connectivity index (χ1) is 7.26. The van der Waals surface area contributed by atoms with Crippen LogP contribution in [-0.2, 0) is 11.2 Å². The van der Waals surface area contributed by atoms with Crippen LogP contribution in [0.5, 0.6) is 5.75 Å². The van der Waals surface area contributed by atoms with E-state index in [1.807, 2.05) is 0 Å². The van der Waals surface area contributed by atoms with Crippen LogP contribution in [0.3, 0.4) is 0 Å². The number of nitrogens with one attached hydrogen (secondary N) is 1. The molecule has 1 heterocycles. The second kappa shape index (κ2) is 3.81. The maximum absolute atomic E-state index is 11.4. The number of methoxy groups -OCH3 is 2. The molecule has 1 aliphatic heterocycles. The molecule has 80 valence electrons. The van der Waals surface area contributed by atoms with Crippen LogP contribution < -0.4 is 10.1 Å². The van der Waals surface area contributed by atoms with Crippen molar-refractivity contribution >= 4 is 11.7 Å². The van der Waals surface area contributed by atoms with E-state index in [0.29, 0.717) is 5.56 Å². The number of hydrogen-bond donors (Lipinski definition) is 1. The average molecular weight is 207 g/mol. The van der Waals surface area contributed by atoms with E-state index in [2.05, 4.69) is 10.1 Å². The molecule has 0 radical (unpaired) electrons. The van der Waals surface area contributed by atoms with E-state index in [9.17, 15) is 4.79 Å². The highest BCUT2D eigenvalue weighted by atomic mass is 16.5. The van der Waals surface area contributed by atoms with Gasteiger partial charge in [-0.05, 0) is 18.6 Å². The minimum atomic E-state index is -0.343. The van der Waals surface area contributed by atoms with E-state index in [0.717, 1.165) is 30.0 Å². The summed E-state index contributed by atoms with van der Waals surface area (Å²) in [6, 6.07) is 3.52. The van der Waals surface area contributed by atoms with Gasteiger partial charge in [-0.3, -0.25) is 0 Å². The van der Waals surface area contributed by atoms with Crippen molar-refractivity contribution in [1.29, 1.82) is 0 Å². The van der Waals surface area contributed by atoms with Gasteiger partial charge >= 0.3 is 5.97 Å². The van der Waals surface area contributed by atoms with E-state index < -0.39 is 0 Å². The molecule has 0 saturated heterocycles. The fraction of sp³-hybridized carbons (Fsp3) is 0.364. The quantitative estimate of drug-likeness (QED) is 0.746. The van der Waals surface area contributed by atoms with Crippen molar-refractivity contribution in [3.05, 3.63) is 23.3 Å². The third-order valence-corrected chi connectivity index (χ3v) is 2.54. The zero-order chi connectivity index (χ0) is 10.8. The number of rotatable bonds is 2. The Morgan fingerprint density at radius 1 is 1.40 bits per heavy atom. The highest BCUT2D eigenvalue weighted by Gasteiger charge is 2.19. The molecule has 1 N–H and O–H groups in total. The highest BCUT2D eigenvalue weighted by Crippen LogP contribution is 2.32. The number of ether oxygens (including phenoxy) is 2. The summed E-state index contributed by atoms with van der Waals surface area (Å²) in [5, 5.41) is 3.21. The van der Waals surface area contributed by atoms with Crippen LogP contribution in [0, 0.1) is 0 Å². The summed E-state index contributed by atoms with van der Waals surface area (Å²) in [7, 11) is 2.98. The summed E-state index contributed by atoms with van der Waals surface area (Å²) in [6.45, 7) is 0.885. The number of carbonyl (C=O) groups is 1. The Hall–Kier alpha value is -1.71. The van der Waals surface area contributed by atoms with Crippen LogP contribution in [-0.4, -0.2) is 26.7 Å². The summed E-state index contributed by atoms with van der Waals surface area (Å²) in [5.74, 6) is 0.405. The smallest absolute Gasteiger partial charge is 0.338 e. The number of hydrogen-bond acceptors (Lipinski definition) is 4. The monoisotopic (exact) mass is 207 g/mol. The van der Waals surface area contributed by atoms with Crippen molar-refractivity contribution in [1.82, 2.24) is 0 Å². The predicted molar refractivity (Wildman–Crippen MR) is 56.5 cm³/mol. The van der Waals surface area contributed by atoms with Gasteiger partial charge in [0.25, 0.3) is 0 Å². The minimum Gasteiger partial charge on any atom is -0.496 e. The maximum atomic E-state index is 11.4. The number of esters is 1. The van der Waals surface area contributed by atoms with Crippen molar-refractivity contribution < 1.29 is 14.3 Å². The lowest BCUT2D eigenvalue weighted by Crippen LogP contribution is -2.03. The van der Waals surface area contributed by atoms with Crippen LogP contribution in [0.4, 0.5) is 5.69 Å². The molecule has 0 aromatic heterocycles. The van der Waals surface area contributed by atoms with E-state index in [1.165, 1.54) is 7.11 Å². The zero-order valence-electron chi connectivity index (χ0n) is 8.79. The summed E-state index contributed by atoms with van der Waals surface area (Å²) in [5.41, 5.74) is 2.61. The van der Waals surface area contributed by atoms with Gasteiger partial charge in [-0.25, -0.2) is 4.79 Å². The fourth-order valence-electron chi connectivity index (χ4n) is 1.80. The molecule has 1 aromatic carbocycles. The first kappa shape index (κ1) is 9.83. The summed E-state index contributed by atoms with van der Waals surface area (Å²) in [6.07, 6.45) is 0.931. The highest BCUT2D eigenvalue weighted by molar-refractivity contribution is 5.92. The fourth-order valence-corrected chi connectivity index (χ4v) is 1.80. The summed E-state index contributed by atoms with van der Waals surface area (Å²) in [4.78, 5) is 11.4. The molecular formula is C11H13NO3. The molecule has 1 aliphatic rings. The molecular weight excluding hydrogens is 194 g/mol. The minimum absolute atomic E-state index is 0.343. The number of anilines is 1. The normalized spacial score (nSPS) is 12.9. The number of carbonyl (C=O) groups excluding carboxylic acids is 1. The first-order valence-corrected chi connectivity index (χ1v) is 4.79. The van der Waals surface area contributed by atoms with Crippen molar-refractivity contribution in [2.45, 2.75) is 6.42 Å². The van der Waals surface area contributed by atoms with E-state index in [1.54, 1.807) is 19.2 Å². The third kappa shape index (κ3) is 1.63. The van der Waals surface area contributed by atoms with Gasteiger partial charge < -0.3 is 14.8 Å². The Kier molecular flexibility index (Phi) is 2.49. The van der Waals surface area contributed by atoms with Crippen molar-refractivity contribution in [2.24, 2.45) is 0 Å². The molecule has 15 heavy (non-hydrogen) atoms. The molecule has 0 amide bonds. The molecule has 1 aromatic rings. The van der Waals surface area contributed by atoms with Crippen LogP contribution in [0.25, 0.3) is 0 Å². The van der Waals surface area contributed by atoms with Gasteiger partial charge in [-0.15, -0.1) is 0 Å². The van der Waals surface area contributed by atoms with E-state index >= 15 is 0 Å². The van der Waals surface area contributed by atoms with Crippen LogP contribution in [0.1, 0.15) is 15.9 Å². The summed E-state index contributed by atoms with van der Waals surface area (Å²) >= 11 is 0. The van der Waals surface area contributed by atoms with Crippen molar-refractivity contribution in [2.75, 3.05) is 26.1 Å². The lowest BCUT2D eigenvalue weighted by molar-refractivity contribution is 0.0600. The molecule has 0 unspecified atom stereocenters. The first-order valence-electron chi connectivity index (χ1n) is 4.79. The topological polar surface area (TPSA) is 47.6 Å².